The van der Waals surface area contributed by atoms with Gasteiger partial charge in [-0.05, 0) is 18.1 Å². The number of rotatable bonds is 2. The lowest BCUT2D eigenvalue weighted by Gasteiger charge is -2.28. The minimum Gasteiger partial charge on any atom is -0.534 e. The van der Waals surface area contributed by atoms with Crippen molar-refractivity contribution < 1.29 is 28.8 Å². The van der Waals surface area contributed by atoms with Crippen LogP contribution in [0.5, 0.6) is 5.75 Å². The monoisotopic (exact) mass is 267 g/mol. The summed E-state index contributed by atoms with van der Waals surface area (Å²) in [7, 11) is -1.42. The Labute approximate surface area is 108 Å². The highest BCUT2D eigenvalue weighted by Crippen LogP contribution is 2.31. The SMILES string of the molecule is CC(=O)NC1Cc2ccc(F)c(C(=O)O)c2OB1O. The molecule has 0 saturated carbocycles. The molecule has 100 valence electrons. The van der Waals surface area contributed by atoms with Crippen molar-refractivity contribution in [2.24, 2.45) is 0 Å². The van der Waals surface area contributed by atoms with Gasteiger partial charge in [0.2, 0.25) is 5.91 Å². The van der Waals surface area contributed by atoms with E-state index in [1.54, 1.807) is 0 Å². The van der Waals surface area contributed by atoms with Gasteiger partial charge in [0, 0.05) is 6.92 Å². The first-order valence-electron chi connectivity index (χ1n) is 5.56. The van der Waals surface area contributed by atoms with E-state index in [4.69, 9.17) is 9.76 Å². The van der Waals surface area contributed by atoms with E-state index in [0.717, 1.165) is 6.07 Å². The Morgan fingerprint density at radius 2 is 2.21 bits per heavy atom. The third-order valence-electron chi connectivity index (χ3n) is 2.81. The number of amides is 1. The lowest BCUT2D eigenvalue weighted by atomic mass is 9.72. The Balaban J connectivity index is 2.40. The fraction of sp³-hybridized carbons (Fsp3) is 0.273. The number of hydrogen-bond acceptors (Lipinski definition) is 4. The first-order valence-corrected chi connectivity index (χ1v) is 5.56. The maximum atomic E-state index is 13.5. The second kappa shape index (κ2) is 4.89. The zero-order valence-electron chi connectivity index (χ0n) is 10.0. The highest BCUT2D eigenvalue weighted by Gasteiger charge is 2.38. The molecule has 1 unspecified atom stereocenters. The molecule has 3 N–H and O–H groups in total. The van der Waals surface area contributed by atoms with E-state index in [0.29, 0.717) is 5.56 Å². The Kier molecular flexibility index (Phi) is 3.43. The third-order valence-corrected chi connectivity index (χ3v) is 2.81. The van der Waals surface area contributed by atoms with Crippen LogP contribution in [-0.4, -0.2) is 35.1 Å². The Hall–Kier alpha value is -2.09. The lowest BCUT2D eigenvalue weighted by Crippen LogP contribution is -2.52. The molecule has 19 heavy (non-hydrogen) atoms. The fourth-order valence-corrected chi connectivity index (χ4v) is 2.02. The topological polar surface area (TPSA) is 95.9 Å². The minimum atomic E-state index is -1.47. The first-order chi connectivity index (χ1) is 8.90. The van der Waals surface area contributed by atoms with Crippen molar-refractivity contribution in [2.45, 2.75) is 19.3 Å². The summed E-state index contributed by atoms with van der Waals surface area (Å²) in [5.74, 6) is -3.65. The maximum Gasteiger partial charge on any atom is 0.547 e. The summed E-state index contributed by atoms with van der Waals surface area (Å²) in [5.41, 5.74) is -0.194. The largest absolute Gasteiger partial charge is 0.547 e. The lowest BCUT2D eigenvalue weighted by molar-refractivity contribution is -0.119. The normalized spacial score (nSPS) is 17.4. The molecule has 0 radical (unpaired) electrons. The van der Waals surface area contributed by atoms with Crippen LogP contribution in [0.3, 0.4) is 0 Å². The average Bonchev–Trinajstić information content (AvgIpc) is 2.29. The second-order valence-electron chi connectivity index (χ2n) is 4.24. The van der Waals surface area contributed by atoms with Crippen molar-refractivity contribution in [1.82, 2.24) is 5.32 Å². The van der Waals surface area contributed by atoms with Crippen molar-refractivity contribution in [3.05, 3.63) is 29.1 Å². The van der Waals surface area contributed by atoms with Gasteiger partial charge < -0.3 is 20.1 Å². The second-order valence-corrected chi connectivity index (χ2v) is 4.24. The van der Waals surface area contributed by atoms with E-state index in [2.05, 4.69) is 5.32 Å². The van der Waals surface area contributed by atoms with Crippen LogP contribution < -0.4 is 9.97 Å². The Bertz CT molecular complexity index is 550. The van der Waals surface area contributed by atoms with Crippen LogP contribution in [0.1, 0.15) is 22.8 Å². The Morgan fingerprint density at radius 1 is 1.53 bits per heavy atom. The molecule has 1 heterocycles. The summed E-state index contributed by atoms with van der Waals surface area (Å²) in [6.45, 7) is 1.29. The molecule has 1 amide bonds. The molecule has 1 aliphatic heterocycles. The summed E-state index contributed by atoms with van der Waals surface area (Å²) in [6, 6.07) is 2.39. The number of aromatic carboxylic acids is 1. The van der Waals surface area contributed by atoms with Gasteiger partial charge in [-0.25, -0.2) is 9.18 Å². The van der Waals surface area contributed by atoms with E-state index in [1.807, 2.05) is 0 Å². The van der Waals surface area contributed by atoms with Gasteiger partial charge in [-0.2, -0.15) is 0 Å². The highest BCUT2D eigenvalue weighted by atomic mass is 19.1. The standard InChI is InChI=1S/C11H11BFNO5/c1-5(15)14-8-4-6-2-3-7(13)9(11(16)17)10(6)19-12(8)18/h2-3,8,18H,4H2,1H3,(H,14,15)(H,16,17). The maximum absolute atomic E-state index is 13.5. The number of benzene rings is 1. The zero-order chi connectivity index (χ0) is 14.2. The molecule has 1 atom stereocenters. The predicted octanol–water partition coefficient (Wildman–Crippen LogP) is -0.0168. The summed E-state index contributed by atoms with van der Waals surface area (Å²) in [6.07, 6.45) is 0.163. The number of carbonyl (C=O) groups is 2. The number of fused-ring (bicyclic) bond motifs is 1. The van der Waals surface area contributed by atoms with Gasteiger partial charge in [0.1, 0.15) is 17.1 Å². The third kappa shape index (κ3) is 2.53. The first kappa shape index (κ1) is 13.3. The van der Waals surface area contributed by atoms with Crippen LogP contribution in [0.15, 0.2) is 12.1 Å². The van der Waals surface area contributed by atoms with Crippen molar-refractivity contribution >= 4 is 19.0 Å². The van der Waals surface area contributed by atoms with E-state index in [1.165, 1.54) is 13.0 Å². The van der Waals surface area contributed by atoms with Gasteiger partial charge in [-0.3, -0.25) is 4.79 Å². The van der Waals surface area contributed by atoms with Gasteiger partial charge in [-0.15, -0.1) is 0 Å². The van der Waals surface area contributed by atoms with E-state index < -0.39 is 30.4 Å². The van der Waals surface area contributed by atoms with Gasteiger partial charge >= 0.3 is 13.1 Å². The van der Waals surface area contributed by atoms with E-state index in [9.17, 15) is 19.0 Å². The zero-order valence-corrected chi connectivity index (χ0v) is 10.0. The number of nitrogens with one attached hydrogen (secondary N) is 1. The molecule has 0 saturated heterocycles. The predicted molar refractivity (Wildman–Crippen MR) is 63.3 cm³/mol. The number of halogens is 1. The molecule has 6 nitrogen and oxygen atoms in total. The van der Waals surface area contributed by atoms with Crippen LogP contribution in [0.4, 0.5) is 4.39 Å². The van der Waals surface area contributed by atoms with E-state index >= 15 is 0 Å². The van der Waals surface area contributed by atoms with Crippen LogP contribution in [-0.2, 0) is 11.2 Å². The molecule has 1 aromatic carbocycles. The molecule has 0 spiro atoms. The fourth-order valence-electron chi connectivity index (χ4n) is 2.02. The number of hydrogen-bond donors (Lipinski definition) is 3. The van der Waals surface area contributed by atoms with Gasteiger partial charge in [-0.1, -0.05) is 6.07 Å². The van der Waals surface area contributed by atoms with Gasteiger partial charge in [0.15, 0.2) is 0 Å². The van der Waals surface area contributed by atoms with Crippen molar-refractivity contribution in [1.29, 1.82) is 0 Å². The number of carboxylic acid groups (broad SMARTS) is 1. The molecule has 1 aliphatic rings. The van der Waals surface area contributed by atoms with Gasteiger partial charge in [0.25, 0.3) is 0 Å². The summed E-state index contributed by atoms with van der Waals surface area (Å²) in [4.78, 5) is 22.0. The van der Waals surface area contributed by atoms with Crippen LogP contribution in [0, 0.1) is 5.82 Å². The van der Waals surface area contributed by atoms with Crippen molar-refractivity contribution in [3.63, 3.8) is 0 Å². The molecule has 0 aromatic heterocycles. The summed E-state index contributed by atoms with van der Waals surface area (Å²) in [5, 5.41) is 21.1. The van der Waals surface area contributed by atoms with E-state index in [-0.39, 0.29) is 18.1 Å². The van der Waals surface area contributed by atoms with Crippen LogP contribution >= 0.6 is 0 Å². The van der Waals surface area contributed by atoms with Gasteiger partial charge in [0.05, 0.1) is 5.94 Å². The smallest absolute Gasteiger partial charge is 0.534 e. The Morgan fingerprint density at radius 3 is 2.79 bits per heavy atom. The van der Waals surface area contributed by atoms with Crippen molar-refractivity contribution in [3.8, 4) is 5.75 Å². The molecular weight excluding hydrogens is 256 g/mol. The quantitative estimate of drug-likeness (QED) is 0.654. The van der Waals surface area contributed by atoms with Crippen molar-refractivity contribution in [2.75, 3.05) is 0 Å². The number of carboxylic acids is 1. The summed E-state index contributed by atoms with van der Waals surface area (Å²) < 4.78 is 18.5. The minimum absolute atomic E-state index is 0.163. The molecule has 1 aromatic rings. The molecular formula is C11H11BFNO5. The average molecular weight is 267 g/mol. The number of carbonyl (C=O) groups excluding carboxylic acids is 1. The highest BCUT2D eigenvalue weighted by molar-refractivity contribution is 6.47. The summed E-state index contributed by atoms with van der Waals surface area (Å²) >= 11 is 0. The molecule has 0 fully saturated rings. The van der Waals surface area contributed by atoms with Crippen LogP contribution in [0.2, 0.25) is 0 Å². The molecule has 8 heteroatoms. The molecule has 2 rings (SSSR count). The molecule has 0 aliphatic carbocycles. The molecule has 0 bridgehead atoms. The van der Waals surface area contributed by atoms with Crippen LogP contribution in [0.25, 0.3) is 0 Å².